The number of unbranched alkanes of at least 4 members (excludes halogenated alkanes) is 2. The molecule has 0 fully saturated rings. The highest BCUT2D eigenvalue weighted by atomic mass is 16.5. The molecule has 1 amide bonds. The zero-order chi connectivity index (χ0) is 18.5. The SMILES string of the molecule is CCC(C)C(N)C(=O)NCCCCCC(=O)COCc1ccccc1. The highest BCUT2D eigenvalue weighted by molar-refractivity contribution is 5.81. The molecular formula is C20H32N2O3. The Morgan fingerprint density at radius 3 is 2.56 bits per heavy atom. The number of ether oxygens (including phenoxy) is 1. The molecule has 1 rings (SSSR count). The van der Waals surface area contributed by atoms with Gasteiger partial charge in [-0.15, -0.1) is 0 Å². The number of nitrogens with one attached hydrogen (secondary N) is 1. The Labute approximate surface area is 151 Å². The zero-order valence-corrected chi connectivity index (χ0v) is 15.5. The fraction of sp³-hybridized carbons (Fsp3) is 0.600. The minimum atomic E-state index is -0.437. The summed E-state index contributed by atoms with van der Waals surface area (Å²) in [5, 5.41) is 2.86. The van der Waals surface area contributed by atoms with Gasteiger partial charge >= 0.3 is 0 Å². The minimum absolute atomic E-state index is 0.0836. The second-order valence-corrected chi connectivity index (χ2v) is 6.53. The number of carbonyl (C=O) groups is 2. The van der Waals surface area contributed by atoms with E-state index < -0.39 is 6.04 Å². The Morgan fingerprint density at radius 2 is 1.88 bits per heavy atom. The maximum Gasteiger partial charge on any atom is 0.237 e. The first-order chi connectivity index (χ1) is 12.0. The van der Waals surface area contributed by atoms with Crippen LogP contribution in [0.1, 0.15) is 51.5 Å². The number of hydrogen-bond donors (Lipinski definition) is 2. The van der Waals surface area contributed by atoms with Crippen molar-refractivity contribution >= 4 is 11.7 Å². The van der Waals surface area contributed by atoms with Crippen molar-refractivity contribution in [3.63, 3.8) is 0 Å². The molecule has 0 aliphatic rings. The predicted molar refractivity (Wildman–Crippen MR) is 100 cm³/mol. The molecule has 1 aromatic rings. The molecule has 5 nitrogen and oxygen atoms in total. The van der Waals surface area contributed by atoms with Gasteiger partial charge in [0.05, 0.1) is 12.6 Å². The van der Waals surface area contributed by atoms with Gasteiger partial charge in [0.25, 0.3) is 0 Å². The first kappa shape index (κ1) is 21.3. The number of rotatable bonds is 13. The molecule has 2 unspecified atom stereocenters. The first-order valence-electron chi connectivity index (χ1n) is 9.21. The van der Waals surface area contributed by atoms with Crippen LogP contribution in [-0.2, 0) is 20.9 Å². The van der Waals surface area contributed by atoms with Gasteiger partial charge in [-0.3, -0.25) is 9.59 Å². The number of hydrogen-bond acceptors (Lipinski definition) is 4. The molecule has 0 aliphatic carbocycles. The third-order valence-corrected chi connectivity index (χ3v) is 4.37. The Balaban J connectivity index is 2.00. The van der Waals surface area contributed by atoms with E-state index >= 15 is 0 Å². The fourth-order valence-corrected chi connectivity index (χ4v) is 2.39. The lowest BCUT2D eigenvalue weighted by molar-refractivity contribution is -0.124. The number of carbonyl (C=O) groups excluding carboxylic acids is 2. The number of nitrogens with two attached hydrogens (primary N) is 1. The van der Waals surface area contributed by atoms with Crippen LogP contribution >= 0.6 is 0 Å². The van der Waals surface area contributed by atoms with Gasteiger partial charge in [0.2, 0.25) is 5.91 Å². The van der Waals surface area contributed by atoms with Gasteiger partial charge in [0.15, 0.2) is 5.78 Å². The number of benzene rings is 1. The van der Waals surface area contributed by atoms with E-state index in [-0.39, 0.29) is 24.2 Å². The van der Waals surface area contributed by atoms with Crippen molar-refractivity contribution in [2.24, 2.45) is 11.7 Å². The lowest BCUT2D eigenvalue weighted by atomic mass is 9.99. The van der Waals surface area contributed by atoms with Crippen molar-refractivity contribution in [1.82, 2.24) is 5.32 Å². The van der Waals surface area contributed by atoms with Crippen molar-refractivity contribution in [2.75, 3.05) is 13.2 Å². The molecule has 0 aromatic heterocycles. The summed E-state index contributed by atoms with van der Waals surface area (Å²) in [7, 11) is 0. The highest BCUT2D eigenvalue weighted by Crippen LogP contribution is 2.06. The number of Topliss-reactive ketones (excluding diaryl/α,β-unsaturated/α-hetero) is 1. The molecule has 0 heterocycles. The van der Waals surface area contributed by atoms with Crippen LogP contribution in [0.25, 0.3) is 0 Å². The van der Waals surface area contributed by atoms with E-state index in [9.17, 15) is 9.59 Å². The first-order valence-corrected chi connectivity index (χ1v) is 9.21. The average molecular weight is 348 g/mol. The smallest absolute Gasteiger partial charge is 0.237 e. The summed E-state index contributed by atoms with van der Waals surface area (Å²) in [6.07, 6.45) is 4.00. The topological polar surface area (TPSA) is 81.4 Å². The van der Waals surface area contributed by atoms with E-state index in [4.69, 9.17) is 10.5 Å². The maximum absolute atomic E-state index is 11.8. The summed E-state index contributed by atoms with van der Waals surface area (Å²) in [6.45, 7) is 5.25. The second-order valence-electron chi connectivity index (χ2n) is 6.53. The van der Waals surface area contributed by atoms with E-state index in [2.05, 4.69) is 5.32 Å². The minimum Gasteiger partial charge on any atom is -0.369 e. The third kappa shape index (κ3) is 9.37. The zero-order valence-electron chi connectivity index (χ0n) is 15.5. The van der Waals surface area contributed by atoms with Crippen LogP contribution in [-0.4, -0.2) is 30.9 Å². The van der Waals surface area contributed by atoms with E-state index in [0.29, 0.717) is 19.6 Å². The summed E-state index contributed by atoms with van der Waals surface area (Å²) in [5.74, 6) is 0.229. The molecule has 0 bridgehead atoms. The molecule has 5 heteroatoms. The summed E-state index contributed by atoms with van der Waals surface area (Å²) < 4.78 is 5.43. The van der Waals surface area contributed by atoms with Crippen LogP contribution in [0.3, 0.4) is 0 Å². The number of ketones is 1. The van der Waals surface area contributed by atoms with Crippen LogP contribution in [0.5, 0.6) is 0 Å². The van der Waals surface area contributed by atoms with E-state index in [1.807, 2.05) is 44.2 Å². The standard InChI is InChI=1S/C20H32N2O3/c1-3-16(2)19(21)20(24)22-13-9-5-8-12-18(23)15-25-14-17-10-6-4-7-11-17/h4,6-7,10-11,16,19H,3,5,8-9,12-15,21H2,1-2H3,(H,22,24). The quantitative estimate of drug-likeness (QED) is 0.537. The normalized spacial score (nSPS) is 13.2. The molecule has 0 saturated carbocycles. The van der Waals surface area contributed by atoms with Gasteiger partial charge in [-0.1, -0.05) is 57.0 Å². The summed E-state index contributed by atoms with van der Waals surface area (Å²) >= 11 is 0. The molecule has 0 radical (unpaired) electrons. The van der Waals surface area contributed by atoms with Crippen LogP contribution in [0.2, 0.25) is 0 Å². The second kappa shape index (κ2) is 12.6. The van der Waals surface area contributed by atoms with Crippen molar-refractivity contribution in [1.29, 1.82) is 0 Å². The summed E-state index contributed by atoms with van der Waals surface area (Å²) in [5.41, 5.74) is 6.94. The van der Waals surface area contributed by atoms with E-state index in [1.165, 1.54) is 0 Å². The molecule has 0 spiro atoms. The third-order valence-electron chi connectivity index (χ3n) is 4.37. The highest BCUT2D eigenvalue weighted by Gasteiger charge is 2.18. The predicted octanol–water partition coefficient (Wildman–Crippen LogP) is 2.82. The maximum atomic E-state index is 11.8. The van der Waals surface area contributed by atoms with Crippen molar-refractivity contribution < 1.29 is 14.3 Å². The molecule has 1 aromatic carbocycles. The van der Waals surface area contributed by atoms with Crippen molar-refractivity contribution in [3.05, 3.63) is 35.9 Å². The molecule has 140 valence electrons. The molecule has 3 N–H and O–H groups in total. The van der Waals surface area contributed by atoms with E-state index in [0.717, 1.165) is 31.2 Å². The Kier molecular flexibility index (Phi) is 10.8. The van der Waals surface area contributed by atoms with E-state index in [1.54, 1.807) is 0 Å². The van der Waals surface area contributed by atoms with Gasteiger partial charge in [0, 0.05) is 13.0 Å². The largest absolute Gasteiger partial charge is 0.369 e. The van der Waals surface area contributed by atoms with Crippen LogP contribution in [0, 0.1) is 5.92 Å². The summed E-state index contributed by atoms with van der Waals surface area (Å²) in [4.78, 5) is 23.6. The van der Waals surface area contributed by atoms with Crippen LogP contribution in [0.4, 0.5) is 0 Å². The molecule has 2 atom stereocenters. The van der Waals surface area contributed by atoms with Crippen molar-refractivity contribution in [3.8, 4) is 0 Å². The van der Waals surface area contributed by atoms with Crippen LogP contribution in [0.15, 0.2) is 30.3 Å². The number of amides is 1. The Morgan fingerprint density at radius 1 is 1.16 bits per heavy atom. The Hall–Kier alpha value is -1.72. The lowest BCUT2D eigenvalue weighted by Gasteiger charge is -2.17. The molecular weight excluding hydrogens is 316 g/mol. The summed E-state index contributed by atoms with van der Waals surface area (Å²) in [6, 6.07) is 9.38. The van der Waals surface area contributed by atoms with Gasteiger partial charge in [0.1, 0.15) is 6.61 Å². The van der Waals surface area contributed by atoms with Gasteiger partial charge in [-0.25, -0.2) is 0 Å². The molecule has 0 saturated heterocycles. The van der Waals surface area contributed by atoms with Crippen LogP contribution < -0.4 is 11.1 Å². The van der Waals surface area contributed by atoms with Gasteiger partial charge in [-0.05, 0) is 24.3 Å². The fourth-order valence-electron chi connectivity index (χ4n) is 2.39. The van der Waals surface area contributed by atoms with Gasteiger partial charge in [-0.2, -0.15) is 0 Å². The van der Waals surface area contributed by atoms with Gasteiger partial charge < -0.3 is 15.8 Å². The monoisotopic (exact) mass is 348 g/mol. The average Bonchev–Trinajstić information content (AvgIpc) is 2.63. The molecule has 25 heavy (non-hydrogen) atoms. The molecule has 0 aliphatic heterocycles. The Bertz CT molecular complexity index is 505. The van der Waals surface area contributed by atoms with Crippen molar-refractivity contribution in [2.45, 2.75) is 58.6 Å². The lowest BCUT2D eigenvalue weighted by Crippen LogP contribution is -2.44.